The second-order valence-corrected chi connectivity index (χ2v) is 4.86. The molecular weight excluding hydrogens is 252 g/mol. The lowest BCUT2D eigenvalue weighted by molar-refractivity contribution is 0.0900. The fourth-order valence-electron chi connectivity index (χ4n) is 2.29. The Balaban J connectivity index is 1.69. The predicted molar refractivity (Wildman–Crippen MR) is 76.2 cm³/mol. The molecule has 3 nitrogen and oxygen atoms in total. The topological polar surface area (TPSA) is 35.5 Å². The Morgan fingerprint density at radius 1 is 1.00 bits per heavy atom. The lowest BCUT2D eigenvalue weighted by atomic mass is 9.97. The largest absolute Gasteiger partial charge is 0.457 e. The van der Waals surface area contributed by atoms with E-state index in [1.54, 1.807) is 0 Å². The molecule has 1 saturated heterocycles. The number of carbonyl (C=O) groups is 1. The van der Waals surface area contributed by atoms with Crippen LogP contribution in [-0.2, 0) is 4.74 Å². The minimum absolute atomic E-state index is 0.0101. The summed E-state index contributed by atoms with van der Waals surface area (Å²) in [5, 5.41) is 0. The molecule has 0 aromatic heterocycles. The van der Waals surface area contributed by atoms with Gasteiger partial charge in [-0.1, -0.05) is 18.2 Å². The number of Topliss-reactive ketones (excluding diaryl/α,β-unsaturated/α-hetero) is 1. The normalized spacial score (nSPS) is 17.9. The molecule has 0 saturated carbocycles. The van der Waals surface area contributed by atoms with E-state index in [-0.39, 0.29) is 11.7 Å². The maximum atomic E-state index is 12.2. The van der Waals surface area contributed by atoms with E-state index >= 15 is 0 Å². The van der Waals surface area contributed by atoms with Crippen molar-refractivity contribution in [2.75, 3.05) is 13.2 Å². The van der Waals surface area contributed by atoms with Gasteiger partial charge in [0.25, 0.3) is 0 Å². The lowest BCUT2D eigenvalue weighted by Crippen LogP contribution is -2.14. The number of hydrogen-bond acceptors (Lipinski definition) is 3. The van der Waals surface area contributed by atoms with Crippen LogP contribution in [0.4, 0.5) is 0 Å². The minimum atomic E-state index is 0.0101. The summed E-state index contributed by atoms with van der Waals surface area (Å²) in [7, 11) is 0. The Kier molecular flexibility index (Phi) is 3.79. The molecule has 1 atom stereocenters. The summed E-state index contributed by atoms with van der Waals surface area (Å²) in [6, 6.07) is 16.9. The second kappa shape index (κ2) is 5.88. The fraction of sp³-hybridized carbons (Fsp3) is 0.235. The summed E-state index contributed by atoms with van der Waals surface area (Å²) in [6.45, 7) is 1.23. The smallest absolute Gasteiger partial charge is 0.168 e. The SMILES string of the molecule is O=C(c1ccc(Oc2ccccc2)cc1)C1CCOC1. The van der Waals surface area contributed by atoms with Gasteiger partial charge < -0.3 is 9.47 Å². The van der Waals surface area contributed by atoms with Crippen LogP contribution in [0.1, 0.15) is 16.8 Å². The summed E-state index contributed by atoms with van der Waals surface area (Å²) < 4.78 is 11.0. The summed E-state index contributed by atoms with van der Waals surface area (Å²) >= 11 is 0. The van der Waals surface area contributed by atoms with Crippen LogP contribution in [0.15, 0.2) is 54.6 Å². The molecule has 0 aliphatic carbocycles. The van der Waals surface area contributed by atoms with Crippen LogP contribution in [0.3, 0.4) is 0 Å². The van der Waals surface area contributed by atoms with E-state index in [1.165, 1.54) is 0 Å². The molecule has 3 heteroatoms. The Hall–Kier alpha value is -2.13. The van der Waals surface area contributed by atoms with Crippen molar-refractivity contribution in [3.63, 3.8) is 0 Å². The van der Waals surface area contributed by atoms with Gasteiger partial charge in [0.05, 0.1) is 6.61 Å². The molecule has 0 bridgehead atoms. The average Bonchev–Trinajstić information content (AvgIpc) is 3.03. The Morgan fingerprint density at radius 3 is 2.35 bits per heavy atom. The molecule has 1 aliphatic heterocycles. The van der Waals surface area contributed by atoms with E-state index in [0.717, 1.165) is 23.5 Å². The van der Waals surface area contributed by atoms with Crippen LogP contribution >= 0.6 is 0 Å². The Bertz CT molecular complexity index is 569. The van der Waals surface area contributed by atoms with E-state index in [2.05, 4.69) is 0 Å². The maximum Gasteiger partial charge on any atom is 0.168 e. The molecule has 0 N–H and O–H groups in total. The maximum absolute atomic E-state index is 12.2. The van der Waals surface area contributed by atoms with Crippen LogP contribution in [0, 0.1) is 5.92 Å². The first kappa shape index (κ1) is 12.9. The Morgan fingerprint density at radius 2 is 1.70 bits per heavy atom. The van der Waals surface area contributed by atoms with Gasteiger partial charge in [-0.3, -0.25) is 4.79 Å². The van der Waals surface area contributed by atoms with Crippen LogP contribution in [0.2, 0.25) is 0 Å². The van der Waals surface area contributed by atoms with Crippen LogP contribution in [0.5, 0.6) is 11.5 Å². The van der Waals surface area contributed by atoms with Crippen molar-refractivity contribution in [1.82, 2.24) is 0 Å². The van der Waals surface area contributed by atoms with Crippen molar-refractivity contribution in [2.24, 2.45) is 5.92 Å². The molecule has 102 valence electrons. The highest BCUT2D eigenvalue weighted by molar-refractivity contribution is 5.98. The van der Waals surface area contributed by atoms with Crippen molar-refractivity contribution in [3.8, 4) is 11.5 Å². The fourth-order valence-corrected chi connectivity index (χ4v) is 2.29. The zero-order chi connectivity index (χ0) is 13.8. The first-order valence-corrected chi connectivity index (χ1v) is 6.78. The number of para-hydroxylation sites is 1. The Labute approximate surface area is 118 Å². The van der Waals surface area contributed by atoms with Crippen molar-refractivity contribution in [1.29, 1.82) is 0 Å². The van der Waals surface area contributed by atoms with Crippen LogP contribution < -0.4 is 4.74 Å². The molecule has 1 fully saturated rings. The van der Waals surface area contributed by atoms with Crippen molar-refractivity contribution >= 4 is 5.78 Å². The van der Waals surface area contributed by atoms with E-state index in [1.807, 2.05) is 54.6 Å². The van der Waals surface area contributed by atoms with Crippen molar-refractivity contribution in [2.45, 2.75) is 6.42 Å². The van der Waals surface area contributed by atoms with Crippen LogP contribution in [0.25, 0.3) is 0 Å². The van der Waals surface area contributed by atoms with E-state index in [9.17, 15) is 4.79 Å². The molecule has 0 radical (unpaired) electrons. The number of carbonyl (C=O) groups excluding carboxylic acids is 1. The molecule has 1 unspecified atom stereocenters. The third kappa shape index (κ3) is 2.89. The monoisotopic (exact) mass is 268 g/mol. The van der Waals surface area contributed by atoms with Crippen LogP contribution in [-0.4, -0.2) is 19.0 Å². The third-order valence-electron chi connectivity index (χ3n) is 3.42. The van der Waals surface area contributed by atoms with Gasteiger partial charge in [-0.05, 0) is 42.8 Å². The predicted octanol–water partition coefficient (Wildman–Crippen LogP) is 3.70. The molecule has 1 aliphatic rings. The number of hydrogen-bond donors (Lipinski definition) is 0. The number of ketones is 1. The summed E-state index contributed by atoms with van der Waals surface area (Å²) in [5.74, 6) is 1.69. The standard InChI is InChI=1S/C17H16O3/c18-17(14-10-11-19-12-14)13-6-8-16(9-7-13)20-15-4-2-1-3-5-15/h1-9,14H,10-12H2. The highest BCUT2D eigenvalue weighted by Gasteiger charge is 2.24. The third-order valence-corrected chi connectivity index (χ3v) is 3.42. The summed E-state index contributed by atoms with van der Waals surface area (Å²) in [4.78, 5) is 12.2. The van der Waals surface area contributed by atoms with E-state index in [0.29, 0.717) is 13.2 Å². The molecule has 0 amide bonds. The molecule has 2 aromatic carbocycles. The van der Waals surface area contributed by atoms with Gasteiger partial charge >= 0.3 is 0 Å². The highest BCUT2D eigenvalue weighted by Crippen LogP contribution is 2.23. The van der Waals surface area contributed by atoms with Gasteiger partial charge in [0.1, 0.15) is 11.5 Å². The number of benzene rings is 2. The first-order chi connectivity index (χ1) is 9.83. The highest BCUT2D eigenvalue weighted by atomic mass is 16.5. The van der Waals surface area contributed by atoms with Gasteiger partial charge in [-0.15, -0.1) is 0 Å². The minimum Gasteiger partial charge on any atom is -0.457 e. The zero-order valence-corrected chi connectivity index (χ0v) is 11.1. The lowest BCUT2D eigenvalue weighted by Gasteiger charge is -2.08. The summed E-state index contributed by atoms with van der Waals surface area (Å²) in [5.41, 5.74) is 0.723. The van der Waals surface area contributed by atoms with Crippen molar-refractivity contribution in [3.05, 3.63) is 60.2 Å². The molecule has 3 rings (SSSR count). The molecular formula is C17H16O3. The molecule has 1 heterocycles. The van der Waals surface area contributed by atoms with E-state index in [4.69, 9.17) is 9.47 Å². The average molecular weight is 268 g/mol. The van der Waals surface area contributed by atoms with Gasteiger partial charge in [0.15, 0.2) is 5.78 Å². The number of ether oxygens (including phenoxy) is 2. The molecule has 0 spiro atoms. The van der Waals surface area contributed by atoms with Gasteiger partial charge in [0, 0.05) is 18.1 Å². The van der Waals surface area contributed by atoms with E-state index < -0.39 is 0 Å². The first-order valence-electron chi connectivity index (χ1n) is 6.78. The summed E-state index contributed by atoms with van der Waals surface area (Å²) in [6.07, 6.45) is 0.821. The van der Waals surface area contributed by atoms with Gasteiger partial charge in [-0.25, -0.2) is 0 Å². The second-order valence-electron chi connectivity index (χ2n) is 4.86. The quantitative estimate of drug-likeness (QED) is 0.793. The molecule has 20 heavy (non-hydrogen) atoms. The number of rotatable bonds is 4. The molecule has 2 aromatic rings. The van der Waals surface area contributed by atoms with Gasteiger partial charge in [-0.2, -0.15) is 0 Å². The van der Waals surface area contributed by atoms with Crippen molar-refractivity contribution < 1.29 is 14.3 Å². The van der Waals surface area contributed by atoms with Gasteiger partial charge in [0.2, 0.25) is 0 Å². The zero-order valence-electron chi connectivity index (χ0n) is 11.1.